The van der Waals surface area contributed by atoms with Crippen molar-refractivity contribution in [3.05, 3.63) is 53.9 Å². The summed E-state index contributed by atoms with van der Waals surface area (Å²) in [5, 5.41) is 7.51. The quantitative estimate of drug-likeness (QED) is 0.650. The van der Waals surface area contributed by atoms with Gasteiger partial charge in [0, 0.05) is 17.3 Å². The van der Waals surface area contributed by atoms with Gasteiger partial charge in [-0.1, -0.05) is 24.3 Å². The summed E-state index contributed by atoms with van der Waals surface area (Å²) in [6.45, 7) is -0.0896. The number of nitrogens with one attached hydrogen (secondary N) is 3. The first-order valence-corrected chi connectivity index (χ1v) is 9.25. The van der Waals surface area contributed by atoms with Gasteiger partial charge >= 0.3 is 12.2 Å². The molecular formula is C20H17F3N4O3. The highest BCUT2D eigenvalue weighted by Gasteiger charge is 2.56. The SMILES string of the molecule is O=C1NC(=O)[C@](CNC(=O)c2ccccc2-c2ccc(C(F)(F)F)nc2)(C2CC2)N1. The standard InChI is InChI=1S/C20H17F3N4O3/c21-20(22,23)15-8-5-11(9-24-15)13-3-1-2-4-14(13)16(28)25-10-19(12-6-7-12)17(29)26-18(30)27-19/h1-5,8-9,12H,6-7,10H2,(H,25,28)(H2,26,27,29,30)/t19-/m0/s1. The molecule has 1 aromatic carbocycles. The Kier molecular flexibility index (Phi) is 4.71. The molecule has 2 aromatic rings. The number of carbonyl (C=O) groups is 3. The number of urea groups is 1. The van der Waals surface area contributed by atoms with Crippen molar-refractivity contribution in [2.75, 3.05) is 6.54 Å². The van der Waals surface area contributed by atoms with E-state index in [0.29, 0.717) is 11.1 Å². The number of alkyl halides is 3. The number of rotatable bonds is 5. The van der Waals surface area contributed by atoms with E-state index >= 15 is 0 Å². The van der Waals surface area contributed by atoms with Crippen LogP contribution in [0.25, 0.3) is 11.1 Å². The van der Waals surface area contributed by atoms with Crippen molar-refractivity contribution in [1.29, 1.82) is 0 Å². The van der Waals surface area contributed by atoms with Gasteiger partial charge in [-0.25, -0.2) is 4.79 Å². The number of halogens is 3. The van der Waals surface area contributed by atoms with Crippen molar-refractivity contribution in [3.63, 3.8) is 0 Å². The zero-order chi connectivity index (χ0) is 21.5. The maximum absolute atomic E-state index is 12.8. The van der Waals surface area contributed by atoms with Crippen molar-refractivity contribution in [1.82, 2.24) is 20.9 Å². The Morgan fingerprint density at radius 1 is 1.17 bits per heavy atom. The maximum atomic E-state index is 12.8. The van der Waals surface area contributed by atoms with Crippen molar-refractivity contribution in [3.8, 4) is 11.1 Å². The van der Waals surface area contributed by atoms with Gasteiger partial charge in [-0.3, -0.25) is 19.9 Å². The van der Waals surface area contributed by atoms with E-state index in [9.17, 15) is 27.6 Å². The Bertz CT molecular complexity index is 1020. The smallest absolute Gasteiger partial charge is 0.349 e. The fraction of sp³-hybridized carbons (Fsp3) is 0.300. The molecule has 2 heterocycles. The maximum Gasteiger partial charge on any atom is 0.433 e. The van der Waals surface area contributed by atoms with Gasteiger partial charge < -0.3 is 10.6 Å². The number of hydrogen-bond acceptors (Lipinski definition) is 4. The Balaban J connectivity index is 1.56. The zero-order valence-corrected chi connectivity index (χ0v) is 15.5. The van der Waals surface area contributed by atoms with Crippen LogP contribution in [0.3, 0.4) is 0 Å². The molecule has 1 aromatic heterocycles. The molecule has 2 fully saturated rings. The van der Waals surface area contributed by atoms with Crippen molar-refractivity contribution >= 4 is 17.8 Å². The van der Waals surface area contributed by atoms with E-state index in [4.69, 9.17) is 0 Å². The molecule has 0 bridgehead atoms. The second-order valence-electron chi connectivity index (χ2n) is 7.31. The van der Waals surface area contributed by atoms with Crippen LogP contribution in [0.1, 0.15) is 28.9 Å². The van der Waals surface area contributed by atoms with E-state index in [1.54, 1.807) is 18.2 Å². The molecule has 4 rings (SSSR count). The number of nitrogens with zero attached hydrogens (tertiary/aromatic N) is 1. The summed E-state index contributed by atoms with van der Waals surface area (Å²) in [5.74, 6) is -1.05. The van der Waals surface area contributed by atoms with Crippen molar-refractivity contribution in [2.45, 2.75) is 24.6 Å². The van der Waals surface area contributed by atoms with E-state index in [0.717, 1.165) is 25.1 Å². The molecule has 4 amide bonds. The van der Waals surface area contributed by atoms with Crippen LogP contribution in [0.4, 0.5) is 18.0 Å². The van der Waals surface area contributed by atoms with Gasteiger partial charge in [0.25, 0.3) is 11.8 Å². The molecule has 3 N–H and O–H groups in total. The summed E-state index contributed by atoms with van der Waals surface area (Å²) in [6, 6.07) is 7.90. The molecule has 30 heavy (non-hydrogen) atoms. The van der Waals surface area contributed by atoms with Crippen LogP contribution in [-0.4, -0.2) is 34.9 Å². The predicted octanol–water partition coefficient (Wildman–Crippen LogP) is 2.49. The summed E-state index contributed by atoms with van der Waals surface area (Å²) < 4.78 is 38.3. The molecule has 1 saturated heterocycles. The first-order valence-electron chi connectivity index (χ1n) is 9.25. The van der Waals surface area contributed by atoms with Gasteiger partial charge in [-0.15, -0.1) is 0 Å². The minimum Gasteiger partial charge on any atom is -0.349 e. The summed E-state index contributed by atoms with van der Waals surface area (Å²) in [4.78, 5) is 40.2. The minimum atomic E-state index is -4.56. The second-order valence-corrected chi connectivity index (χ2v) is 7.31. The third-order valence-corrected chi connectivity index (χ3v) is 5.31. The molecule has 7 nitrogen and oxygen atoms in total. The van der Waals surface area contributed by atoms with Gasteiger partial charge in [-0.2, -0.15) is 13.2 Å². The Hall–Kier alpha value is -3.43. The minimum absolute atomic E-state index is 0.0568. The van der Waals surface area contributed by atoms with Gasteiger partial charge in [0.15, 0.2) is 0 Å². The number of pyridine rings is 1. The summed E-state index contributed by atoms with van der Waals surface area (Å²) in [7, 11) is 0. The van der Waals surface area contributed by atoms with Gasteiger partial charge in [0.2, 0.25) is 0 Å². The van der Waals surface area contributed by atoms with Crippen LogP contribution in [0.5, 0.6) is 0 Å². The van der Waals surface area contributed by atoms with Crippen molar-refractivity contribution < 1.29 is 27.6 Å². The Morgan fingerprint density at radius 2 is 1.90 bits per heavy atom. The molecule has 1 saturated carbocycles. The van der Waals surface area contributed by atoms with Gasteiger partial charge in [0.05, 0.1) is 6.54 Å². The van der Waals surface area contributed by atoms with Crippen LogP contribution in [0.15, 0.2) is 42.6 Å². The monoisotopic (exact) mass is 418 g/mol. The topological polar surface area (TPSA) is 100 Å². The average molecular weight is 418 g/mol. The van der Waals surface area contributed by atoms with E-state index in [-0.39, 0.29) is 18.0 Å². The second kappa shape index (κ2) is 7.12. The summed E-state index contributed by atoms with van der Waals surface area (Å²) in [6.07, 6.45) is -1.97. The summed E-state index contributed by atoms with van der Waals surface area (Å²) >= 11 is 0. The molecule has 10 heteroatoms. The fourth-order valence-corrected chi connectivity index (χ4v) is 3.61. The van der Waals surface area contributed by atoms with Gasteiger partial charge in [-0.05, 0) is 36.5 Å². The average Bonchev–Trinajstić information content (AvgIpc) is 3.52. The molecule has 156 valence electrons. The Morgan fingerprint density at radius 3 is 2.47 bits per heavy atom. The lowest BCUT2D eigenvalue weighted by Crippen LogP contribution is -2.57. The molecule has 0 radical (unpaired) electrons. The van der Waals surface area contributed by atoms with Crippen LogP contribution in [0, 0.1) is 5.92 Å². The lowest BCUT2D eigenvalue weighted by molar-refractivity contribution is -0.141. The molecule has 0 unspecified atom stereocenters. The number of imide groups is 1. The van der Waals surface area contributed by atoms with E-state index in [1.807, 2.05) is 0 Å². The van der Waals surface area contributed by atoms with Gasteiger partial charge in [0.1, 0.15) is 11.2 Å². The van der Waals surface area contributed by atoms with E-state index in [1.165, 1.54) is 12.1 Å². The molecule has 1 aliphatic heterocycles. The van der Waals surface area contributed by atoms with Crippen LogP contribution >= 0.6 is 0 Å². The molecular weight excluding hydrogens is 401 g/mol. The normalized spacial score (nSPS) is 21.2. The highest BCUT2D eigenvalue weighted by atomic mass is 19.4. The zero-order valence-electron chi connectivity index (χ0n) is 15.5. The fourth-order valence-electron chi connectivity index (χ4n) is 3.61. The lowest BCUT2D eigenvalue weighted by Gasteiger charge is -2.26. The van der Waals surface area contributed by atoms with E-state index in [2.05, 4.69) is 20.9 Å². The third-order valence-electron chi connectivity index (χ3n) is 5.31. The lowest BCUT2D eigenvalue weighted by atomic mass is 9.93. The highest BCUT2D eigenvalue weighted by molar-refractivity contribution is 6.08. The van der Waals surface area contributed by atoms with Crippen LogP contribution in [0.2, 0.25) is 0 Å². The van der Waals surface area contributed by atoms with Crippen molar-refractivity contribution in [2.24, 2.45) is 5.92 Å². The number of benzene rings is 1. The number of amides is 4. The first kappa shape index (κ1) is 19.9. The molecule has 1 aliphatic carbocycles. The molecule has 1 atom stereocenters. The number of aromatic nitrogens is 1. The number of hydrogen-bond donors (Lipinski definition) is 3. The highest BCUT2D eigenvalue weighted by Crippen LogP contribution is 2.41. The van der Waals surface area contributed by atoms with Crippen LogP contribution in [-0.2, 0) is 11.0 Å². The summed E-state index contributed by atoms with van der Waals surface area (Å²) in [5.41, 5.74) is -1.25. The predicted molar refractivity (Wildman–Crippen MR) is 99.1 cm³/mol. The molecule has 0 spiro atoms. The van der Waals surface area contributed by atoms with E-state index < -0.39 is 35.3 Å². The molecule has 2 aliphatic rings. The third kappa shape index (κ3) is 3.60. The largest absolute Gasteiger partial charge is 0.433 e. The Labute approximate surface area is 169 Å². The van der Waals surface area contributed by atoms with Crippen LogP contribution < -0.4 is 16.0 Å². The number of carbonyl (C=O) groups excluding carboxylic acids is 3. The first-order chi connectivity index (χ1) is 14.2.